The molecule has 2 N–H and O–H groups in total. The number of aliphatic hydroxyl groups is 1. The number of thiophene rings is 1. The fourth-order valence-electron chi connectivity index (χ4n) is 5.07. The van der Waals surface area contributed by atoms with Gasteiger partial charge in [-0.05, 0) is 68.9 Å². The molecule has 43 heavy (non-hydrogen) atoms. The summed E-state index contributed by atoms with van der Waals surface area (Å²) in [4.78, 5) is 53.7. The van der Waals surface area contributed by atoms with Crippen LogP contribution in [0.1, 0.15) is 56.2 Å². The number of rotatable bonds is 10. The number of carbonyl (C=O) groups excluding carboxylic acids is 2. The van der Waals surface area contributed by atoms with Crippen LogP contribution in [0.3, 0.4) is 0 Å². The Kier molecular flexibility index (Phi) is 10.6. The number of nitrogens with zero attached hydrogens (tertiary/aromatic N) is 3. The minimum atomic E-state index is -0.475. The highest BCUT2D eigenvalue weighted by molar-refractivity contribution is 7.22. The highest BCUT2D eigenvalue weighted by Crippen LogP contribution is 2.35. The molecule has 0 saturated heterocycles. The first kappa shape index (κ1) is 31.8. The van der Waals surface area contributed by atoms with E-state index in [9.17, 15) is 23.6 Å². The van der Waals surface area contributed by atoms with Crippen molar-refractivity contribution in [3.05, 3.63) is 68.4 Å². The molecular weight excluding hydrogens is 579 g/mol. The first-order chi connectivity index (χ1) is 20.7. The van der Waals surface area contributed by atoms with E-state index in [0.717, 1.165) is 0 Å². The van der Waals surface area contributed by atoms with Gasteiger partial charge in [0.05, 0.1) is 29.7 Å². The average molecular weight is 615 g/mol. The van der Waals surface area contributed by atoms with Crippen molar-refractivity contribution >= 4 is 33.7 Å². The molecule has 0 spiro atoms. The maximum atomic E-state index is 13.9. The second-order valence-electron chi connectivity index (χ2n) is 10.4. The van der Waals surface area contributed by atoms with E-state index in [1.165, 1.54) is 52.2 Å². The number of hydrogen-bond acceptors (Lipinski definition) is 9. The number of fused-ring (bicyclic) bond motifs is 1. The topological polar surface area (TPSA) is 146 Å². The largest absolute Gasteiger partial charge is 0.496 e. The van der Waals surface area contributed by atoms with Crippen molar-refractivity contribution in [3.8, 4) is 16.5 Å². The summed E-state index contributed by atoms with van der Waals surface area (Å²) >= 11 is 1.26. The van der Waals surface area contributed by atoms with E-state index in [2.05, 4.69) is 10.3 Å². The molecule has 0 bridgehead atoms. The number of oxazole rings is 1. The van der Waals surface area contributed by atoms with Gasteiger partial charge in [0.25, 0.3) is 5.56 Å². The normalized spacial score (nSPS) is 14.3. The van der Waals surface area contributed by atoms with E-state index in [4.69, 9.17) is 14.3 Å². The Labute approximate surface area is 250 Å². The molecule has 4 aromatic rings. The van der Waals surface area contributed by atoms with Gasteiger partial charge >= 0.3 is 5.69 Å². The molecule has 3 heterocycles. The molecule has 1 amide bonds. The van der Waals surface area contributed by atoms with Gasteiger partial charge in [-0.25, -0.2) is 14.2 Å². The van der Waals surface area contributed by atoms with Crippen LogP contribution in [-0.2, 0) is 22.6 Å². The van der Waals surface area contributed by atoms with Gasteiger partial charge in [0.15, 0.2) is 0 Å². The SMILES string of the molecule is COc1ccc(F)cc1CCn1c(=O)n(C(C)CCNC=O)c(=O)c2c(C)c(-c3ncco3)sc21.O=C1CCC(O)CC1. The van der Waals surface area contributed by atoms with Crippen LogP contribution in [0.4, 0.5) is 4.39 Å². The predicted molar refractivity (Wildman–Crippen MR) is 160 cm³/mol. The molecule has 13 heteroatoms. The number of halogens is 1. The van der Waals surface area contributed by atoms with Crippen LogP contribution in [0.15, 0.2) is 44.7 Å². The number of benzene rings is 1. The summed E-state index contributed by atoms with van der Waals surface area (Å²) < 4.78 is 27.5. The molecule has 230 valence electrons. The number of ether oxygens (including phenoxy) is 1. The lowest BCUT2D eigenvalue weighted by molar-refractivity contribution is -0.122. The lowest BCUT2D eigenvalue weighted by atomic mass is 9.97. The van der Waals surface area contributed by atoms with Crippen LogP contribution in [0.2, 0.25) is 0 Å². The smallest absolute Gasteiger partial charge is 0.332 e. The van der Waals surface area contributed by atoms with Crippen LogP contribution in [0, 0.1) is 12.7 Å². The Bertz CT molecular complexity index is 1680. The number of amides is 1. The number of nitrogens with one attached hydrogen (secondary N) is 1. The van der Waals surface area contributed by atoms with E-state index in [-0.39, 0.29) is 12.6 Å². The van der Waals surface area contributed by atoms with Crippen LogP contribution < -0.4 is 21.3 Å². The van der Waals surface area contributed by atoms with Gasteiger partial charge in [0.1, 0.15) is 28.4 Å². The van der Waals surface area contributed by atoms with Crippen molar-refractivity contribution in [2.45, 2.75) is 71.1 Å². The molecule has 1 aliphatic carbocycles. The van der Waals surface area contributed by atoms with Gasteiger partial charge in [-0.3, -0.25) is 23.5 Å². The molecular formula is C30H35FN4O7S. The van der Waals surface area contributed by atoms with Crippen molar-refractivity contribution in [1.29, 1.82) is 0 Å². The van der Waals surface area contributed by atoms with E-state index in [0.29, 0.717) is 95.1 Å². The lowest BCUT2D eigenvalue weighted by Crippen LogP contribution is -2.42. The second-order valence-corrected chi connectivity index (χ2v) is 11.4. The van der Waals surface area contributed by atoms with Gasteiger partial charge < -0.3 is 19.6 Å². The zero-order valence-corrected chi connectivity index (χ0v) is 25.1. The second kappa shape index (κ2) is 14.4. The highest BCUT2D eigenvalue weighted by Gasteiger charge is 2.24. The minimum absolute atomic E-state index is 0.194. The zero-order valence-electron chi connectivity index (χ0n) is 24.3. The Morgan fingerprint density at radius 2 is 2.02 bits per heavy atom. The van der Waals surface area contributed by atoms with E-state index in [1.807, 2.05) is 0 Å². The summed E-state index contributed by atoms with van der Waals surface area (Å²) in [7, 11) is 1.50. The number of hydrogen-bond donors (Lipinski definition) is 2. The first-order valence-electron chi connectivity index (χ1n) is 14.0. The molecule has 1 unspecified atom stereocenters. The van der Waals surface area contributed by atoms with Crippen LogP contribution in [0.5, 0.6) is 5.75 Å². The minimum Gasteiger partial charge on any atom is -0.496 e. The molecule has 11 nitrogen and oxygen atoms in total. The fourth-order valence-corrected chi connectivity index (χ4v) is 6.33. The van der Waals surface area contributed by atoms with Gasteiger partial charge in [-0.2, -0.15) is 0 Å². The highest BCUT2D eigenvalue weighted by atomic mass is 32.1. The molecule has 1 fully saturated rings. The van der Waals surface area contributed by atoms with Gasteiger partial charge in [-0.15, -0.1) is 11.3 Å². The van der Waals surface area contributed by atoms with Crippen LogP contribution in [-0.4, -0.2) is 51.2 Å². The van der Waals surface area contributed by atoms with Crippen molar-refractivity contribution in [1.82, 2.24) is 19.4 Å². The molecule has 1 atom stereocenters. The monoisotopic (exact) mass is 614 g/mol. The molecule has 1 aromatic carbocycles. The third-order valence-electron chi connectivity index (χ3n) is 7.46. The summed E-state index contributed by atoms with van der Waals surface area (Å²) in [5.41, 5.74) is 0.391. The third-order valence-corrected chi connectivity index (χ3v) is 8.76. The standard InChI is InChI=1S/C24H25FN4O5S.C6H10O2/c1-14(6-8-26-13-30)29-22(31)19-15(2)20(21-27-9-11-34-21)35-23(19)28(24(29)32)10-7-16-12-17(25)4-5-18(16)33-3;7-5-1-2-6(8)4-3-5/h4-5,9,11-14H,6-8,10H2,1-3H3,(H,26,30);5,7H,1-4H2. The Morgan fingerprint density at radius 1 is 1.28 bits per heavy atom. The average Bonchev–Trinajstić information content (AvgIpc) is 3.63. The number of aromatic nitrogens is 3. The van der Waals surface area contributed by atoms with Gasteiger partial charge in [-0.1, -0.05) is 0 Å². The number of methoxy groups -OCH3 is 1. The first-order valence-corrected chi connectivity index (χ1v) is 14.8. The maximum absolute atomic E-state index is 13.9. The quantitative estimate of drug-likeness (QED) is 0.203. The Hall–Kier alpha value is -4.10. The summed E-state index contributed by atoms with van der Waals surface area (Å²) in [5.74, 6) is 0.775. The van der Waals surface area contributed by atoms with Crippen molar-refractivity contribution in [2.24, 2.45) is 0 Å². The lowest BCUT2D eigenvalue weighted by Gasteiger charge is -2.18. The summed E-state index contributed by atoms with van der Waals surface area (Å²) in [6, 6.07) is 3.77. The number of Topliss-reactive ketones (excluding diaryl/α,β-unsaturated/α-hetero) is 1. The number of carbonyl (C=O) groups is 2. The number of ketones is 1. The van der Waals surface area contributed by atoms with Crippen molar-refractivity contribution < 1.29 is 28.2 Å². The number of aliphatic hydroxyl groups excluding tert-OH is 1. The maximum Gasteiger partial charge on any atom is 0.332 e. The van der Waals surface area contributed by atoms with Crippen LogP contribution >= 0.6 is 11.3 Å². The number of aryl methyl sites for hydroxylation is 3. The fraction of sp³-hybridized carbons (Fsp3) is 0.433. The molecule has 3 aromatic heterocycles. The predicted octanol–water partition coefficient (Wildman–Crippen LogP) is 3.77. The van der Waals surface area contributed by atoms with Gasteiger partial charge in [0.2, 0.25) is 12.3 Å². The van der Waals surface area contributed by atoms with Crippen molar-refractivity contribution in [2.75, 3.05) is 13.7 Å². The van der Waals surface area contributed by atoms with Gasteiger partial charge in [0, 0.05) is 32.0 Å². The summed E-state index contributed by atoms with van der Waals surface area (Å²) in [6.45, 7) is 4.07. The molecule has 1 saturated carbocycles. The zero-order chi connectivity index (χ0) is 31.1. The van der Waals surface area contributed by atoms with Crippen LogP contribution in [0.25, 0.3) is 21.0 Å². The van der Waals surface area contributed by atoms with E-state index >= 15 is 0 Å². The summed E-state index contributed by atoms with van der Waals surface area (Å²) in [5, 5.41) is 11.8. The molecule has 0 radical (unpaired) electrons. The van der Waals surface area contributed by atoms with E-state index in [1.54, 1.807) is 19.9 Å². The molecule has 1 aliphatic rings. The third kappa shape index (κ3) is 7.28. The Morgan fingerprint density at radius 3 is 2.65 bits per heavy atom. The molecule has 5 rings (SSSR count). The van der Waals surface area contributed by atoms with E-state index < -0.39 is 23.1 Å². The Balaban J connectivity index is 0.000000458. The summed E-state index contributed by atoms with van der Waals surface area (Å²) in [6.07, 6.45) is 6.57. The molecule has 0 aliphatic heterocycles. The van der Waals surface area contributed by atoms with Crippen molar-refractivity contribution in [3.63, 3.8) is 0 Å².